The highest BCUT2D eigenvalue weighted by molar-refractivity contribution is 7.71. The van der Waals surface area contributed by atoms with Crippen molar-refractivity contribution in [2.45, 2.75) is 13.0 Å². The number of aromatic nitrogens is 3. The maximum absolute atomic E-state index is 13.2. The first-order valence-corrected chi connectivity index (χ1v) is 11.8. The summed E-state index contributed by atoms with van der Waals surface area (Å²) in [6, 6.07) is 11.4. The van der Waals surface area contributed by atoms with Crippen molar-refractivity contribution in [1.82, 2.24) is 19.0 Å². The highest BCUT2D eigenvalue weighted by Crippen LogP contribution is 2.30. The predicted octanol–water partition coefficient (Wildman–Crippen LogP) is 3.69. The average Bonchev–Trinajstić information content (AvgIpc) is 3.26. The number of H-pyrrole nitrogens is 1. The van der Waals surface area contributed by atoms with Gasteiger partial charge in [0.15, 0.2) is 16.3 Å². The number of rotatable bonds is 5. The van der Waals surface area contributed by atoms with Crippen molar-refractivity contribution in [3.05, 3.63) is 58.4 Å². The average molecular weight is 494 g/mol. The molecule has 2 aromatic carbocycles. The van der Waals surface area contributed by atoms with Crippen molar-refractivity contribution in [2.75, 3.05) is 40.5 Å². The number of para-hydroxylation sites is 1. The lowest BCUT2D eigenvalue weighted by Crippen LogP contribution is -2.42. The number of ether oxygens (including phenoxy) is 3. The van der Waals surface area contributed by atoms with E-state index in [4.69, 9.17) is 31.8 Å². The summed E-state index contributed by atoms with van der Waals surface area (Å²) in [5.41, 5.74) is 2.89. The second-order valence-corrected chi connectivity index (χ2v) is 8.74. The van der Waals surface area contributed by atoms with E-state index in [-0.39, 0.29) is 11.5 Å². The van der Waals surface area contributed by atoms with Crippen molar-refractivity contribution < 1.29 is 19.0 Å². The molecule has 182 valence electrons. The van der Waals surface area contributed by atoms with Crippen LogP contribution in [0.1, 0.15) is 5.56 Å². The SMILES string of the molecule is COc1cc2[nH]c(=S)n(CCc3cn(C(=O)N4CCOCC4)c4ccccc34)c(=N)c2cc1OC. The van der Waals surface area contributed by atoms with Crippen LogP contribution in [-0.2, 0) is 17.7 Å². The van der Waals surface area contributed by atoms with Crippen molar-refractivity contribution in [2.24, 2.45) is 0 Å². The van der Waals surface area contributed by atoms with Gasteiger partial charge in [0.1, 0.15) is 5.49 Å². The van der Waals surface area contributed by atoms with E-state index in [1.54, 1.807) is 35.5 Å². The van der Waals surface area contributed by atoms with E-state index in [2.05, 4.69) is 4.98 Å². The first-order chi connectivity index (χ1) is 17.0. The number of methoxy groups -OCH3 is 2. The molecule has 2 N–H and O–H groups in total. The molecule has 1 fully saturated rings. The van der Waals surface area contributed by atoms with Crippen LogP contribution < -0.4 is 15.0 Å². The Morgan fingerprint density at radius 3 is 2.57 bits per heavy atom. The molecule has 4 aromatic rings. The predicted molar refractivity (Wildman–Crippen MR) is 135 cm³/mol. The zero-order valence-electron chi connectivity index (χ0n) is 19.7. The summed E-state index contributed by atoms with van der Waals surface area (Å²) < 4.78 is 20.1. The van der Waals surface area contributed by atoms with E-state index >= 15 is 0 Å². The number of hydrogen-bond acceptors (Lipinski definition) is 6. The minimum absolute atomic E-state index is 0.0476. The first kappa shape index (κ1) is 23.1. The Hall–Kier alpha value is -3.63. The lowest BCUT2D eigenvalue weighted by Gasteiger charge is -2.27. The van der Waals surface area contributed by atoms with Crippen LogP contribution in [0.2, 0.25) is 0 Å². The fraction of sp³-hybridized carbons (Fsp3) is 0.320. The van der Waals surface area contributed by atoms with E-state index in [0.717, 1.165) is 16.5 Å². The number of nitrogens with one attached hydrogen (secondary N) is 2. The minimum Gasteiger partial charge on any atom is -0.493 e. The standard InChI is InChI=1S/C25H27N5O4S/c1-32-21-13-18-19(14-22(21)33-2)27-24(35)29(23(18)26)8-7-16-15-30(20-6-4-3-5-17(16)20)25(31)28-9-11-34-12-10-28/h3-6,13-15,26H,7-12H2,1-2H3,(H,27,35). The molecular weight excluding hydrogens is 466 g/mol. The molecule has 0 spiro atoms. The third kappa shape index (κ3) is 4.19. The van der Waals surface area contributed by atoms with E-state index < -0.39 is 0 Å². The Kier molecular flexibility index (Phi) is 6.31. The number of carbonyl (C=O) groups is 1. The minimum atomic E-state index is -0.0476. The number of morpholine rings is 1. The molecule has 0 aliphatic carbocycles. The summed E-state index contributed by atoms with van der Waals surface area (Å²) in [7, 11) is 3.14. The van der Waals surface area contributed by atoms with Gasteiger partial charge in [-0.2, -0.15) is 0 Å². The number of fused-ring (bicyclic) bond motifs is 2. The molecule has 0 unspecified atom stereocenters. The van der Waals surface area contributed by atoms with Gasteiger partial charge < -0.3 is 28.7 Å². The van der Waals surface area contributed by atoms with Gasteiger partial charge in [0.05, 0.1) is 38.5 Å². The van der Waals surface area contributed by atoms with E-state index in [9.17, 15) is 4.79 Å². The molecule has 0 saturated carbocycles. The summed E-state index contributed by atoms with van der Waals surface area (Å²) >= 11 is 5.59. The van der Waals surface area contributed by atoms with Crippen LogP contribution in [0.15, 0.2) is 42.6 Å². The number of benzene rings is 2. The third-order valence-corrected chi connectivity index (χ3v) is 6.74. The second kappa shape index (κ2) is 9.55. The topological polar surface area (TPSA) is 97.5 Å². The summed E-state index contributed by atoms with van der Waals surface area (Å²) in [6.07, 6.45) is 2.52. The quantitative estimate of drug-likeness (QED) is 0.413. The van der Waals surface area contributed by atoms with Gasteiger partial charge in [-0.25, -0.2) is 4.79 Å². The van der Waals surface area contributed by atoms with Gasteiger partial charge in [-0.15, -0.1) is 0 Å². The molecular formula is C25H27N5O4S. The highest BCUT2D eigenvalue weighted by Gasteiger charge is 2.21. The molecule has 3 heterocycles. The Morgan fingerprint density at radius 1 is 1.11 bits per heavy atom. The van der Waals surface area contributed by atoms with E-state index in [1.807, 2.05) is 35.4 Å². The Labute approximate surface area is 207 Å². The summed E-state index contributed by atoms with van der Waals surface area (Å²) in [4.78, 5) is 18.2. The molecule has 0 atom stereocenters. The fourth-order valence-electron chi connectivity index (χ4n) is 4.57. The van der Waals surface area contributed by atoms with Gasteiger partial charge in [0.25, 0.3) is 0 Å². The molecule has 1 saturated heterocycles. The molecule has 10 heteroatoms. The fourth-order valence-corrected chi connectivity index (χ4v) is 4.86. The molecule has 35 heavy (non-hydrogen) atoms. The van der Waals surface area contributed by atoms with E-state index in [0.29, 0.717) is 66.4 Å². The Bertz CT molecular complexity index is 1530. The molecule has 2 aromatic heterocycles. The van der Waals surface area contributed by atoms with Crippen LogP contribution in [0.3, 0.4) is 0 Å². The molecule has 0 radical (unpaired) electrons. The molecule has 1 aliphatic heterocycles. The van der Waals surface area contributed by atoms with Crippen LogP contribution >= 0.6 is 12.2 Å². The van der Waals surface area contributed by atoms with Crippen molar-refractivity contribution in [1.29, 1.82) is 5.41 Å². The van der Waals surface area contributed by atoms with Crippen LogP contribution in [0.4, 0.5) is 4.79 Å². The smallest absolute Gasteiger partial charge is 0.328 e. The van der Waals surface area contributed by atoms with Gasteiger partial charge in [-0.1, -0.05) is 18.2 Å². The maximum atomic E-state index is 13.2. The van der Waals surface area contributed by atoms with Crippen LogP contribution in [0.25, 0.3) is 21.8 Å². The third-order valence-electron chi connectivity index (χ3n) is 6.42. The largest absolute Gasteiger partial charge is 0.493 e. The van der Waals surface area contributed by atoms with Gasteiger partial charge in [-0.3, -0.25) is 9.98 Å². The van der Waals surface area contributed by atoms with Crippen molar-refractivity contribution in [3.63, 3.8) is 0 Å². The second-order valence-electron chi connectivity index (χ2n) is 8.36. The number of hydrogen-bond donors (Lipinski definition) is 2. The number of amides is 1. The maximum Gasteiger partial charge on any atom is 0.328 e. The first-order valence-electron chi connectivity index (χ1n) is 11.4. The Balaban J connectivity index is 1.50. The number of aryl methyl sites for hydroxylation is 1. The van der Waals surface area contributed by atoms with Gasteiger partial charge in [0, 0.05) is 42.7 Å². The zero-order valence-corrected chi connectivity index (χ0v) is 20.5. The number of carbonyl (C=O) groups excluding carboxylic acids is 1. The van der Waals surface area contributed by atoms with E-state index in [1.165, 1.54) is 0 Å². The molecule has 0 bridgehead atoms. The van der Waals surface area contributed by atoms with Crippen molar-refractivity contribution in [3.8, 4) is 11.5 Å². The lowest BCUT2D eigenvalue weighted by atomic mass is 10.1. The monoisotopic (exact) mass is 493 g/mol. The van der Waals surface area contributed by atoms with Gasteiger partial charge >= 0.3 is 6.03 Å². The Morgan fingerprint density at radius 2 is 1.83 bits per heavy atom. The van der Waals surface area contributed by atoms with Crippen LogP contribution in [0, 0.1) is 10.2 Å². The molecule has 1 amide bonds. The van der Waals surface area contributed by atoms with Gasteiger partial charge in [0.2, 0.25) is 0 Å². The summed E-state index contributed by atoms with van der Waals surface area (Å²) in [5.74, 6) is 1.12. The molecule has 5 rings (SSSR count). The summed E-state index contributed by atoms with van der Waals surface area (Å²) in [5, 5.41) is 10.5. The lowest BCUT2D eigenvalue weighted by molar-refractivity contribution is 0.0537. The molecule has 1 aliphatic rings. The summed E-state index contributed by atoms with van der Waals surface area (Å²) in [6.45, 7) is 2.76. The number of nitrogens with zero attached hydrogens (tertiary/aromatic N) is 3. The highest BCUT2D eigenvalue weighted by atomic mass is 32.1. The number of aromatic amines is 1. The normalized spacial score (nSPS) is 13.9. The van der Waals surface area contributed by atoms with Crippen LogP contribution in [0.5, 0.6) is 11.5 Å². The van der Waals surface area contributed by atoms with Crippen molar-refractivity contribution >= 4 is 40.1 Å². The zero-order chi connectivity index (χ0) is 24.5. The van der Waals surface area contributed by atoms with Crippen LogP contribution in [-0.4, -0.2) is 65.6 Å². The van der Waals surface area contributed by atoms with Gasteiger partial charge in [-0.05, 0) is 36.3 Å². The molecule has 9 nitrogen and oxygen atoms in total.